The van der Waals surface area contributed by atoms with E-state index in [1.54, 1.807) is 12.1 Å². The number of unbranched alkanes of at least 4 members (excludes halogenated alkanes) is 1. The molecule has 0 aliphatic carbocycles. The molecule has 0 saturated carbocycles. The first kappa shape index (κ1) is 12.7. The molecule has 0 bridgehead atoms. The summed E-state index contributed by atoms with van der Waals surface area (Å²) in [4.78, 5) is 4.34. The standard InChI is InChI=1S/C17H18N2O/c20-16-7-8-17-14(13-16)9-12-19(17)11-4-2-6-15-5-1-3-10-18-15/h1,3,5,7-10,12-13,20H,2,4,6,11H2. The number of aryl methyl sites for hydroxylation is 2. The van der Waals surface area contributed by atoms with Gasteiger partial charge in [0.05, 0.1) is 0 Å². The average molecular weight is 266 g/mol. The minimum Gasteiger partial charge on any atom is -0.508 e. The molecule has 102 valence electrons. The minimum absolute atomic E-state index is 0.324. The van der Waals surface area contributed by atoms with Crippen LogP contribution in [0.15, 0.2) is 54.9 Å². The molecule has 1 aromatic carbocycles. The van der Waals surface area contributed by atoms with Gasteiger partial charge in [0.2, 0.25) is 0 Å². The summed E-state index contributed by atoms with van der Waals surface area (Å²) in [6, 6.07) is 13.6. The summed E-state index contributed by atoms with van der Waals surface area (Å²) in [6.07, 6.45) is 7.23. The number of nitrogens with zero attached hydrogens (tertiary/aromatic N) is 2. The van der Waals surface area contributed by atoms with Crippen LogP contribution in [0.5, 0.6) is 5.75 Å². The van der Waals surface area contributed by atoms with Crippen LogP contribution in [-0.2, 0) is 13.0 Å². The zero-order valence-corrected chi connectivity index (χ0v) is 11.4. The van der Waals surface area contributed by atoms with Crippen LogP contribution in [0.1, 0.15) is 18.5 Å². The van der Waals surface area contributed by atoms with Gasteiger partial charge in [0.1, 0.15) is 5.75 Å². The van der Waals surface area contributed by atoms with Gasteiger partial charge in [-0.25, -0.2) is 0 Å². The number of hydrogen-bond acceptors (Lipinski definition) is 2. The van der Waals surface area contributed by atoms with Gasteiger partial charge in [0.15, 0.2) is 0 Å². The fourth-order valence-corrected chi connectivity index (χ4v) is 2.52. The Labute approximate surface area is 118 Å². The van der Waals surface area contributed by atoms with E-state index >= 15 is 0 Å². The predicted molar refractivity (Wildman–Crippen MR) is 80.8 cm³/mol. The molecule has 0 radical (unpaired) electrons. The van der Waals surface area contributed by atoms with Gasteiger partial charge in [-0.3, -0.25) is 4.98 Å². The number of aromatic hydroxyl groups is 1. The Kier molecular flexibility index (Phi) is 3.68. The smallest absolute Gasteiger partial charge is 0.116 e. The highest BCUT2D eigenvalue weighted by Crippen LogP contribution is 2.21. The largest absolute Gasteiger partial charge is 0.508 e. The zero-order valence-electron chi connectivity index (χ0n) is 11.4. The normalized spacial score (nSPS) is 11.0. The predicted octanol–water partition coefficient (Wildman–Crippen LogP) is 3.76. The molecule has 0 saturated heterocycles. The van der Waals surface area contributed by atoms with E-state index in [4.69, 9.17) is 0 Å². The third kappa shape index (κ3) is 2.82. The van der Waals surface area contributed by atoms with Crippen molar-refractivity contribution in [2.45, 2.75) is 25.8 Å². The van der Waals surface area contributed by atoms with Gasteiger partial charge in [0, 0.05) is 35.5 Å². The molecule has 0 aliphatic rings. The van der Waals surface area contributed by atoms with Gasteiger partial charge >= 0.3 is 0 Å². The SMILES string of the molecule is Oc1ccc2c(ccn2CCCCc2ccccn2)c1. The number of rotatable bonds is 5. The Balaban J connectivity index is 1.58. The first-order chi connectivity index (χ1) is 9.83. The Bertz CT molecular complexity index is 689. The summed E-state index contributed by atoms with van der Waals surface area (Å²) in [5.74, 6) is 0.324. The Morgan fingerprint density at radius 2 is 2.00 bits per heavy atom. The topological polar surface area (TPSA) is 38.0 Å². The van der Waals surface area contributed by atoms with Gasteiger partial charge < -0.3 is 9.67 Å². The van der Waals surface area contributed by atoms with E-state index in [9.17, 15) is 5.11 Å². The monoisotopic (exact) mass is 266 g/mol. The van der Waals surface area contributed by atoms with Crippen LogP contribution in [0.2, 0.25) is 0 Å². The molecule has 20 heavy (non-hydrogen) atoms. The molecule has 2 heterocycles. The van der Waals surface area contributed by atoms with Crippen LogP contribution >= 0.6 is 0 Å². The summed E-state index contributed by atoms with van der Waals surface area (Å²) < 4.78 is 2.24. The van der Waals surface area contributed by atoms with Gasteiger partial charge in [-0.05, 0) is 55.7 Å². The lowest BCUT2D eigenvalue weighted by Gasteiger charge is -2.05. The highest BCUT2D eigenvalue weighted by Gasteiger charge is 2.02. The minimum atomic E-state index is 0.324. The van der Waals surface area contributed by atoms with Crippen molar-refractivity contribution in [2.75, 3.05) is 0 Å². The van der Waals surface area contributed by atoms with E-state index in [1.807, 2.05) is 30.5 Å². The maximum absolute atomic E-state index is 9.46. The van der Waals surface area contributed by atoms with Crippen LogP contribution in [0.25, 0.3) is 10.9 Å². The lowest BCUT2D eigenvalue weighted by atomic mass is 10.2. The van der Waals surface area contributed by atoms with Crippen LogP contribution in [0.4, 0.5) is 0 Å². The Hall–Kier alpha value is -2.29. The van der Waals surface area contributed by atoms with Crippen molar-refractivity contribution in [2.24, 2.45) is 0 Å². The van der Waals surface area contributed by atoms with Crippen LogP contribution in [0.3, 0.4) is 0 Å². The van der Waals surface area contributed by atoms with Crippen LogP contribution in [-0.4, -0.2) is 14.7 Å². The second kappa shape index (κ2) is 5.78. The molecular formula is C17H18N2O. The molecule has 3 nitrogen and oxygen atoms in total. The lowest BCUT2D eigenvalue weighted by Crippen LogP contribution is -1.97. The molecule has 0 spiro atoms. The van der Waals surface area contributed by atoms with Crippen molar-refractivity contribution >= 4 is 10.9 Å². The quantitative estimate of drug-likeness (QED) is 0.714. The van der Waals surface area contributed by atoms with E-state index in [-0.39, 0.29) is 0 Å². The van der Waals surface area contributed by atoms with Crippen molar-refractivity contribution in [3.05, 3.63) is 60.6 Å². The Morgan fingerprint density at radius 3 is 2.85 bits per heavy atom. The number of hydrogen-bond donors (Lipinski definition) is 1. The van der Waals surface area contributed by atoms with E-state index in [0.29, 0.717) is 5.75 Å². The van der Waals surface area contributed by atoms with Crippen LogP contribution in [0, 0.1) is 0 Å². The van der Waals surface area contributed by atoms with Gasteiger partial charge in [-0.1, -0.05) is 6.07 Å². The number of benzene rings is 1. The second-order valence-electron chi connectivity index (χ2n) is 5.03. The highest BCUT2D eigenvalue weighted by atomic mass is 16.3. The molecule has 0 unspecified atom stereocenters. The third-order valence-corrected chi connectivity index (χ3v) is 3.56. The number of aromatic nitrogens is 2. The van der Waals surface area contributed by atoms with Crippen molar-refractivity contribution in [1.82, 2.24) is 9.55 Å². The Morgan fingerprint density at radius 1 is 1.05 bits per heavy atom. The van der Waals surface area contributed by atoms with E-state index in [1.165, 1.54) is 5.52 Å². The molecule has 3 aromatic rings. The van der Waals surface area contributed by atoms with E-state index in [0.717, 1.165) is 36.9 Å². The summed E-state index contributed by atoms with van der Waals surface area (Å²) in [7, 11) is 0. The third-order valence-electron chi connectivity index (χ3n) is 3.56. The number of pyridine rings is 1. The number of fused-ring (bicyclic) bond motifs is 1. The first-order valence-electron chi connectivity index (χ1n) is 7.01. The first-order valence-corrected chi connectivity index (χ1v) is 7.01. The maximum atomic E-state index is 9.46. The highest BCUT2D eigenvalue weighted by molar-refractivity contribution is 5.81. The summed E-state index contributed by atoms with van der Waals surface area (Å²) in [5.41, 5.74) is 2.34. The number of phenolic OH excluding ortho intramolecular Hbond substituents is 1. The molecule has 2 aromatic heterocycles. The van der Waals surface area contributed by atoms with Crippen molar-refractivity contribution in [3.8, 4) is 5.75 Å². The molecule has 0 fully saturated rings. The summed E-state index contributed by atoms with van der Waals surface area (Å²) >= 11 is 0. The van der Waals surface area contributed by atoms with E-state index < -0.39 is 0 Å². The maximum Gasteiger partial charge on any atom is 0.116 e. The molecular weight excluding hydrogens is 248 g/mol. The van der Waals surface area contributed by atoms with Crippen LogP contribution < -0.4 is 0 Å². The summed E-state index contributed by atoms with van der Waals surface area (Å²) in [6.45, 7) is 1.00. The second-order valence-corrected chi connectivity index (χ2v) is 5.03. The van der Waals surface area contributed by atoms with Gasteiger partial charge in [0.25, 0.3) is 0 Å². The van der Waals surface area contributed by atoms with E-state index in [2.05, 4.69) is 21.8 Å². The average Bonchev–Trinajstić information content (AvgIpc) is 2.87. The zero-order chi connectivity index (χ0) is 13.8. The number of phenols is 1. The molecule has 1 N–H and O–H groups in total. The molecule has 3 heteroatoms. The fraction of sp³-hybridized carbons (Fsp3) is 0.235. The van der Waals surface area contributed by atoms with Gasteiger partial charge in [-0.15, -0.1) is 0 Å². The molecule has 0 aliphatic heterocycles. The molecule has 0 amide bonds. The van der Waals surface area contributed by atoms with Crippen molar-refractivity contribution < 1.29 is 5.11 Å². The fourth-order valence-electron chi connectivity index (χ4n) is 2.52. The van der Waals surface area contributed by atoms with Gasteiger partial charge in [-0.2, -0.15) is 0 Å². The van der Waals surface area contributed by atoms with Crippen molar-refractivity contribution in [1.29, 1.82) is 0 Å². The summed E-state index contributed by atoms with van der Waals surface area (Å²) in [5, 5.41) is 10.6. The molecule has 3 rings (SSSR count). The molecule has 0 atom stereocenters. The lowest BCUT2D eigenvalue weighted by molar-refractivity contribution is 0.476. The van der Waals surface area contributed by atoms with Crippen molar-refractivity contribution in [3.63, 3.8) is 0 Å².